The molecule has 3 saturated carbocycles. The molecule has 0 N–H and O–H groups in total. The molecule has 7 atom stereocenters. The largest absolute Gasteiger partial charge is 0.414 e. The summed E-state index contributed by atoms with van der Waals surface area (Å²) in [6, 6.07) is 0. The van der Waals surface area contributed by atoms with E-state index in [2.05, 4.69) is 101 Å². The first-order valence-corrected chi connectivity index (χ1v) is 21.3. The molecule has 0 spiro atoms. The highest BCUT2D eigenvalue weighted by atomic mass is 28.4. The quantitative estimate of drug-likeness (QED) is 0.259. The Kier molecular flexibility index (Phi) is 7.61. The van der Waals surface area contributed by atoms with E-state index in [9.17, 15) is 0 Å². The van der Waals surface area contributed by atoms with Crippen LogP contribution < -0.4 is 0 Å². The van der Waals surface area contributed by atoms with Crippen molar-refractivity contribution in [3.8, 4) is 0 Å². The third-order valence-electron chi connectivity index (χ3n) is 12.8. The van der Waals surface area contributed by atoms with Crippen LogP contribution in [0.2, 0.25) is 36.3 Å². The van der Waals surface area contributed by atoms with Gasteiger partial charge in [-0.05, 0) is 111 Å². The first-order valence-electron chi connectivity index (χ1n) is 15.5. The van der Waals surface area contributed by atoms with Gasteiger partial charge in [-0.2, -0.15) is 0 Å². The smallest absolute Gasteiger partial charge is 0.192 e. The maximum atomic E-state index is 7.50. The van der Waals surface area contributed by atoms with Crippen LogP contribution in [0.4, 0.5) is 0 Å². The second-order valence-electron chi connectivity index (χ2n) is 16.7. The second-order valence-corrected chi connectivity index (χ2v) is 26.3. The Morgan fingerprint density at radius 1 is 0.892 bits per heavy atom. The van der Waals surface area contributed by atoms with Gasteiger partial charge in [0.1, 0.15) is 0 Å². The lowest BCUT2D eigenvalue weighted by atomic mass is 9.47. The second kappa shape index (κ2) is 9.45. The van der Waals surface area contributed by atoms with E-state index in [1.54, 1.807) is 11.1 Å². The van der Waals surface area contributed by atoms with Crippen molar-refractivity contribution in [2.45, 2.75) is 156 Å². The first-order chi connectivity index (χ1) is 16.8. The van der Waals surface area contributed by atoms with Gasteiger partial charge in [0, 0.05) is 5.41 Å². The van der Waals surface area contributed by atoms with E-state index in [0.29, 0.717) is 11.5 Å². The first kappa shape index (κ1) is 29.8. The highest BCUT2D eigenvalue weighted by Crippen LogP contribution is 2.67. The molecule has 0 aromatic heterocycles. The number of hydrogen-bond donors (Lipinski definition) is 0. The molecule has 0 radical (unpaired) electrons. The van der Waals surface area contributed by atoms with Crippen LogP contribution in [0.25, 0.3) is 0 Å². The zero-order valence-electron chi connectivity index (χ0n) is 26.8. The van der Waals surface area contributed by atoms with Crippen molar-refractivity contribution < 1.29 is 8.85 Å². The van der Waals surface area contributed by atoms with Crippen molar-refractivity contribution in [1.29, 1.82) is 0 Å². The van der Waals surface area contributed by atoms with Crippen molar-refractivity contribution in [1.82, 2.24) is 0 Å². The average molecular weight is 545 g/mol. The molecule has 0 saturated heterocycles. The molecule has 4 rings (SSSR count). The minimum absolute atomic E-state index is 0.145. The summed E-state index contributed by atoms with van der Waals surface area (Å²) < 4.78 is 14.6. The van der Waals surface area contributed by atoms with Gasteiger partial charge in [-0.1, -0.05) is 78.7 Å². The van der Waals surface area contributed by atoms with Crippen LogP contribution in [0.1, 0.15) is 107 Å². The zero-order chi connectivity index (χ0) is 27.8. The lowest BCUT2D eigenvalue weighted by Crippen LogP contribution is -2.59. The van der Waals surface area contributed by atoms with Crippen molar-refractivity contribution in [2.75, 3.05) is 0 Å². The normalized spacial score (nSPS) is 40.2. The Labute approximate surface area is 232 Å². The topological polar surface area (TPSA) is 18.5 Å². The monoisotopic (exact) mass is 544 g/mol. The Bertz CT molecular complexity index is 933. The average Bonchev–Trinajstić information content (AvgIpc) is 3.09. The Morgan fingerprint density at radius 3 is 2.05 bits per heavy atom. The number of rotatable bonds is 4. The zero-order valence-corrected chi connectivity index (χ0v) is 28.8. The molecule has 0 aliphatic heterocycles. The van der Waals surface area contributed by atoms with Crippen LogP contribution in [0.5, 0.6) is 0 Å². The maximum absolute atomic E-state index is 7.50. The molecule has 4 aliphatic rings. The van der Waals surface area contributed by atoms with Crippen LogP contribution in [0, 0.1) is 28.6 Å². The van der Waals surface area contributed by atoms with Crippen LogP contribution in [-0.2, 0) is 8.85 Å². The van der Waals surface area contributed by atoms with E-state index in [0.717, 1.165) is 30.6 Å². The summed E-state index contributed by atoms with van der Waals surface area (Å²) in [4.78, 5) is 0. The Balaban J connectivity index is 1.72. The summed E-state index contributed by atoms with van der Waals surface area (Å²) in [5, 5.41) is 0.447. The third-order valence-corrected chi connectivity index (χ3v) is 21.9. The number of allylic oxidation sites excluding steroid dienone is 3. The van der Waals surface area contributed by atoms with Gasteiger partial charge in [0.15, 0.2) is 16.6 Å². The van der Waals surface area contributed by atoms with E-state index in [1.165, 1.54) is 32.1 Å². The van der Waals surface area contributed by atoms with Gasteiger partial charge in [0.2, 0.25) is 0 Å². The molecule has 2 nitrogen and oxygen atoms in total. The lowest BCUT2D eigenvalue weighted by molar-refractivity contribution is -0.0882. The van der Waals surface area contributed by atoms with Gasteiger partial charge < -0.3 is 8.85 Å². The maximum Gasteiger partial charge on any atom is 0.192 e. The van der Waals surface area contributed by atoms with Gasteiger partial charge in [0.25, 0.3) is 0 Å². The Morgan fingerprint density at radius 2 is 1.49 bits per heavy atom. The van der Waals surface area contributed by atoms with E-state index in [1.807, 2.05) is 0 Å². The molecule has 0 heterocycles. The van der Waals surface area contributed by atoms with Crippen LogP contribution >= 0.6 is 0 Å². The van der Waals surface area contributed by atoms with E-state index >= 15 is 0 Å². The van der Waals surface area contributed by atoms with Crippen molar-refractivity contribution in [2.24, 2.45) is 28.6 Å². The fourth-order valence-corrected chi connectivity index (χ4v) is 11.1. The highest BCUT2D eigenvalue weighted by Gasteiger charge is 2.61. The minimum atomic E-state index is -1.94. The molecule has 212 valence electrons. The van der Waals surface area contributed by atoms with Crippen LogP contribution in [0.15, 0.2) is 23.3 Å². The molecule has 0 bridgehead atoms. The standard InChI is InChI=1S/C33H60O2Si2/c1-14-23-16-18-27-26-17-15-24-21-25(34-36(10,11)30(2,3)4)22-29(35-37(12,13)31(5,6)7)33(24,9)28(26)19-20-32(23,27)8/h14-15,25-29H,16-22H2,1-13H3/b23-14+/t25-,26+,27+,28+,29+,32-,33+/m1/s1. The van der Waals surface area contributed by atoms with Gasteiger partial charge >= 0.3 is 0 Å². The van der Waals surface area contributed by atoms with Gasteiger partial charge in [-0.15, -0.1) is 0 Å². The number of fused-ring (bicyclic) bond motifs is 5. The van der Waals surface area contributed by atoms with Gasteiger partial charge in [-0.25, -0.2) is 0 Å². The van der Waals surface area contributed by atoms with E-state index in [4.69, 9.17) is 8.85 Å². The fourth-order valence-electron chi connectivity index (χ4n) is 8.37. The minimum Gasteiger partial charge on any atom is -0.414 e. The third kappa shape index (κ3) is 4.86. The molecule has 0 aromatic rings. The summed E-state index contributed by atoms with van der Waals surface area (Å²) in [7, 11) is -3.79. The predicted octanol–water partition coefficient (Wildman–Crippen LogP) is 10.3. The Hall–Kier alpha value is -0.166. The molecule has 4 heteroatoms. The van der Waals surface area contributed by atoms with E-state index in [-0.39, 0.29) is 21.6 Å². The molecule has 4 aliphatic carbocycles. The van der Waals surface area contributed by atoms with Crippen molar-refractivity contribution in [3.63, 3.8) is 0 Å². The van der Waals surface area contributed by atoms with Crippen molar-refractivity contribution >= 4 is 16.6 Å². The van der Waals surface area contributed by atoms with Crippen molar-refractivity contribution in [3.05, 3.63) is 23.3 Å². The summed E-state index contributed by atoms with van der Waals surface area (Å²) in [6.07, 6.45) is 14.6. The van der Waals surface area contributed by atoms with Gasteiger partial charge in [0.05, 0.1) is 12.2 Å². The van der Waals surface area contributed by atoms with Crippen LogP contribution in [-0.4, -0.2) is 28.8 Å². The van der Waals surface area contributed by atoms with Crippen LogP contribution in [0.3, 0.4) is 0 Å². The van der Waals surface area contributed by atoms with Gasteiger partial charge in [-0.3, -0.25) is 0 Å². The molecule has 0 aromatic carbocycles. The lowest BCUT2D eigenvalue weighted by Gasteiger charge is -2.61. The SMILES string of the molecule is C/C=C1\CC[C@H]2[C@@H]3CC=C4C[C@@H](O[Si](C)(C)C(C)(C)C)C[C@H](O[Si](C)(C)C(C)(C)C)[C@]4(C)[C@H]3CC[C@]12C. The molecular weight excluding hydrogens is 485 g/mol. The number of hydrogen-bond acceptors (Lipinski definition) is 2. The molecule has 0 unspecified atom stereocenters. The van der Waals surface area contributed by atoms with E-state index < -0.39 is 16.6 Å². The molecule has 3 fully saturated rings. The summed E-state index contributed by atoms with van der Waals surface area (Å²) in [6.45, 7) is 31.6. The fraction of sp³-hybridized carbons (Fsp3) is 0.879. The molecule has 0 amide bonds. The summed E-state index contributed by atoms with van der Waals surface area (Å²) in [5.74, 6) is 2.38. The molecule has 37 heavy (non-hydrogen) atoms. The highest BCUT2D eigenvalue weighted by molar-refractivity contribution is 6.74. The summed E-state index contributed by atoms with van der Waals surface area (Å²) in [5.41, 5.74) is 4.00. The molecular formula is C33H60O2Si2. The predicted molar refractivity (Wildman–Crippen MR) is 165 cm³/mol. The summed E-state index contributed by atoms with van der Waals surface area (Å²) >= 11 is 0.